The molecule has 7 nitrogen and oxygen atoms in total. The number of nitrogens with one attached hydrogen (secondary N) is 1. The molecule has 0 aliphatic carbocycles. The van der Waals surface area contributed by atoms with Gasteiger partial charge in [0.2, 0.25) is 0 Å². The fraction of sp³-hybridized carbons (Fsp3) is 0.500. The van der Waals surface area contributed by atoms with E-state index in [1.807, 2.05) is 30.2 Å². The molecule has 0 amide bonds. The van der Waals surface area contributed by atoms with E-state index < -0.39 is 0 Å². The van der Waals surface area contributed by atoms with Gasteiger partial charge in [0.1, 0.15) is 0 Å². The van der Waals surface area contributed by atoms with E-state index in [9.17, 15) is 0 Å². The molecule has 28 heavy (non-hydrogen) atoms. The van der Waals surface area contributed by atoms with Crippen LogP contribution in [0.25, 0.3) is 0 Å². The summed E-state index contributed by atoms with van der Waals surface area (Å²) in [5, 5.41) is 7.79. The minimum Gasteiger partial charge on any atom is -0.493 e. The molecule has 0 fully saturated rings. The quantitative estimate of drug-likeness (QED) is 0.377. The maximum Gasteiger partial charge on any atom is 0.193 e. The van der Waals surface area contributed by atoms with Crippen molar-refractivity contribution in [3.63, 3.8) is 0 Å². The largest absolute Gasteiger partial charge is 0.493 e. The van der Waals surface area contributed by atoms with E-state index in [0.717, 1.165) is 50.1 Å². The van der Waals surface area contributed by atoms with Gasteiger partial charge >= 0.3 is 0 Å². The number of aliphatic imine (C=N–C) groups is 1. The first-order chi connectivity index (χ1) is 13.1. The van der Waals surface area contributed by atoms with Crippen molar-refractivity contribution in [1.82, 2.24) is 20.0 Å². The van der Waals surface area contributed by atoms with Crippen LogP contribution in [-0.2, 0) is 19.5 Å². The molecule has 1 aliphatic rings. The summed E-state index contributed by atoms with van der Waals surface area (Å²) in [5.41, 5.74) is 2.57. The predicted octanol–water partition coefficient (Wildman–Crippen LogP) is 2.79. The molecular formula is C20H30IN5O2. The van der Waals surface area contributed by atoms with Crippen molar-refractivity contribution in [2.24, 2.45) is 10.9 Å². The van der Waals surface area contributed by atoms with Crippen LogP contribution >= 0.6 is 24.0 Å². The molecule has 8 heteroatoms. The highest BCUT2D eigenvalue weighted by Crippen LogP contribution is 2.33. The molecule has 0 bridgehead atoms. The first kappa shape index (κ1) is 22.3. The van der Waals surface area contributed by atoms with Crippen LogP contribution in [0.5, 0.6) is 11.5 Å². The number of ether oxygens (including phenoxy) is 2. The van der Waals surface area contributed by atoms with Gasteiger partial charge in [-0.15, -0.1) is 24.0 Å². The third-order valence-corrected chi connectivity index (χ3v) is 4.90. The summed E-state index contributed by atoms with van der Waals surface area (Å²) in [6, 6.07) is 6.12. The summed E-state index contributed by atoms with van der Waals surface area (Å²) in [7, 11) is 5.19. The van der Waals surface area contributed by atoms with Gasteiger partial charge in [-0.25, -0.2) is 0 Å². The van der Waals surface area contributed by atoms with Gasteiger partial charge in [0.25, 0.3) is 0 Å². The topological polar surface area (TPSA) is 63.9 Å². The van der Waals surface area contributed by atoms with Gasteiger partial charge in [-0.1, -0.05) is 6.92 Å². The average Bonchev–Trinajstić information content (AvgIpc) is 3.20. The number of benzene rings is 1. The number of nitrogens with zero attached hydrogens (tertiary/aromatic N) is 4. The molecule has 0 saturated heterocycles. The van der Waals surface area contributed by atoms with Gasteiger partial charge in [-0.2, -0.15) is 5.10 Å². The maximum absolute atomic E-state index is 5.46. The summed E-state index contributed by atoms with van der Waals surface area (Å²) < 4.78 is 12.8. The van der Waals surface area contributed by atoms with Gasteiger partial charge in [-0.3, -0.25) is 9.67 Å². The molecule has 1 atom stereocenters. The molecule has 1 aliphatic heterocycles. The van der Waals surface area contributed by atoms with Crippen molar-refractivity contribution in [2.75, 3.05) is 34.4 Å². The Morgan fingerprint density at radius 2 is 1.96 bits per heavy atom. The number of methoxy groups -OCH3 is 2. The monoisotopic (exact) mass is 499 g/mol. The zero-order valence-electron chi connectivity index (χ0n) is 17.0. The van der Waals surface area contributed by atoms with E-state index in [1.54, 1.807) is 14.2 Å². The molecule has 0 saturated carbocycles. The summed E-state index contributed by atoms with van der Waals surface area (Å²) in [4.78, 5) is 6.77. The van der Waals surface area contributed by atoms with Gasteiger partial charge in [0.05, 0.1) is 14.2 Å². The molecule has 2 heterocycles. The second-order valence-electron chi connectivity index (χ2n) is 6.91. The van der Waals surface area contributed by atoms with E-state index in [0.29, 0.717) is 5.92 Å². The third-order valence-electron chi connectivity index (χ3n) is 4.90. The Kier molecular flexibility index (Phi) is 8.40. The zero-order valence-corrected chi connectivity index (χ0v) is 19.3. The lowest BCUT2D eigenvalue weighted by molar-refractivity contribution is 0.344. The van der Waals surface area contributed by atoms with Crippen LogP contribution in [0.15, 0.2) is 35.6 Å². The molecule has 0 spiro atoms. The fourth-order valence-corrected chi connectivity index (χ4v) is 3.45. The highest BCUT2D eigenvalue weighted by Gasteiger charge is 2.22. The lowest BCUT2D eigenvalue weighted by atomic mass is 9.99. The maximum atomic E-state index is 5.46. The van der Waals surface area contributed by atoms with E-state index in [4.69, 9.17) is 9.47 Å². The van der Waals surface area contributed by atoms with Gasteiger partial charge in [-0.05, 0) is 41.7 Å². The van der Waals surface area contributed by atoms with Crippen molar-refractivity contribution < 1.29 is 9.47 Å². The molecule has 1 N–H and O–H groups in total. The Balaban J connectivity index is 0.00000280. The van der Waals surface area contributed by atoms with Crippen LogP contribution in [0.2, 0.25) is 0 Å². The second kappa shape index (κ2) is 10.5. The number of aromatic nitrogens is 2. The summed E-state index contributed by atoms with van der Waals surface area (Å²) in [6.45, 7) is 5.68. The van der Waals surface area contributed by atoms with E-state index in [2.05, 4.69) is 39.4 Å². The number of hydrogen-bond acceptors (Lipinski definition) is 4. The molecule has 3 rings (SSSR count). The first-order valence-electron chi connectivity index (χ1n) is 9.31. The fourth-order valence-electron chi connectivity index (χ4n) is 3.45. The smallest absolute Gasteiger partial charge is 0.193 e. The molecule has 0 radical (unpaired) electrons. The van der Waals surface area contributed by atoms with E-state index in [1.165, 1.54) is 11.1 Å². The standard InChI is InChI=1S/C20H29N5O2.HI/c1-15(13-25-8-5-7-23-25)12-22-20(21-2)24-9-6-16-10-18(26-3)19(27-4)11-17(16)14-24;/h5,7-8,10-11,15H,6,9,12-14H2,1-4H3,(H,21,22);1H. The first-order valence-corrected chi connectivity index (χ1v) is 9.31. The number of fused-ring (bicyclic) bond motifs is 1. The molecule has 154 valence electrons. The van der Waals surface area contributed by atoms with Gasteiger partial charge < -0.3 is 19.7 Å². The Hall–Kier alpha value is -1.97. The SMILES string of the molecule is CN=C(NCC(C)Cn1cccn1)N1CCc2cc(OC)c(OC)cc2C1.I. The molecule has 1 aromatic carbocycles. The van der Waals surface area contributed by atoms with Crippen LogP contribution in [-0.4, -0.2) is 55.0 Å². The van der Waals surface area contributed by atoms with Crippen LogP contribution in [0.4, 0.5) is 0 Å². The lowest BCUT2D eigenvalue weighted by Crippen LogP contribution is -2.45. The Bertz CT molecular complexity index is 779. The van der Waals surface area contributed by atoms with Crippen LogP contribution in [0, 0.1) is 5.92 Å². The van der Waals surface area contributed by atoms with Crippen molar-refractivity contribution in [3.05, 3.63) is 41.7 Å². The highest BCUT2D eigenvalue weighted by molar-refractivity contribution is 14.0. The summed E-state index contributed by atoms with van der Waals surface area (Å²) >= 11 is 0. The Morgan fingerprint density at radius 3 is 2.57 bits per heavy atom. The zero-order chi connectivity index (χ0) is 19.2. The van der Waals surface area contributed by atoms with Crippen molar-refractivity contribution in [2.45, 2.75) is 26.4 Å². The number of rotatable bonds is 6. The summed E-state index contributed by atoms with van der Waals surface area (Å²) in [5.74, 6) is 2.94. The number of halogens is 1. The van der Waals surface area contributed by atoms with Gasteiger partial charge in [0, 0.05) is 45.6 Å². The highest BCUT2D eigenvalue weighted by atomic mass is 127. The molecular weight excluding hydrogens is 469 g/mol. The van der Waals surface area contributed by atoms with E-state index >= 15 is 0 Å². The van der Waals surface area contributed by atoms with Gasteiger partial charge in [0.15, 0.2) is 17.5 Å². The Labute approximate surface area is 184 Å². The minimum absolute atomic E-state index is 0. The normalized spacial score (nSPS) is 14.7. The molecule has 1 unspecified atom stereocenters. The van der Waals surface area contributed by atoms with Crippen LogP contribution < -0.4 is 14.8 Å². The van der Waals surface area contributed by atoms with Crippen LogP contribution in [0.3, 0.4) is 0 Å². The van der Waals surface area contributed by atoms with Crippen molar-refractivity contribution in [3.8, 4) is 11.5 Å². The third kappa shape index (κ3) is 5.30. The van der Waals surface area contributed by atoms with Crippen molar-refractivity contribution >= 4 is 29.9 Å². The number of guanidine groups is 1. The Morgan fingerprint density at radius 1 is 1.25 bits per heavy atom. The van der Waals surface area contributed by atoms with Crippen molar-refractivity contribution in [1.29, 1.82) is 0 Å². The number of hydrogen-bond donors (Lipinski definition) is 1. The summed E-state index contributed by atoms with van der Waals surface area (Å²) in [6.07, 6.45) is 4.77. The molecule has 1 aromatic heterocycles. The predicted molar refractivity (Wildman–Crippen MR) is 122 cm³/mol. The second-order valence-corrected chi connectivity index (χ2v) is 6.91. The molecule has 2 aromatic rings. The van der Waals surface area contributed by atoms with Crippen LogP contribution in [0.1, 0.15) is 18.1 Å². The lowest BCUT2D eigenvalue weighted by Gasteiger charge is -2.32. The minimum atomic E-state index is 0. The average molecular weight is 499 g/mol. The van der Waals surface area contributed by atoms with E-state index in [-0.39, 0.29) is 24.0 Å².